The molecule has 0 saturated carbocycles. The van der Waals surface area contributed by atoms with E-state index >= 15 is 0 Å². The number of nitro groups is 1. The van der Waals surface area contributed by atoms with Crippen molar-refractivity contribution >= 4 is 23.3 Å². The largest absolute Gasteiger partial charge is 0.490 e. The molecule has 0 bridgehead atoms. The van der Waals surface area contributed by atoms with Crippen LogP contribution in [0.25, 0.3) is 0 Å². The fraction of sp³-hybridized carbons (Fsp3) is 0.125. The first-order chi connectivity index (χ1) is 12.3. The minimum absolute atomic E-state index is 0.0453. The fourth-order valence-corrected chi connectivity index (χ4v) is 1.95. The molecule has 0 saturated heterocycles. The third-order valence-electron chi connectivity index (χ3n) is 3.15. The number of nitrogens with zero attached hydrogens (tertiary/aromatic N) is 1. The average Bonchev–Trinajstić information content (AvgIpc) is 2.61. The van der Waals surface area contributed by atoms with Gasteiger partial charge in [-0.25, -0.2) is 13.6 Å². The number of ether oxygens (including phenoxy) is 2. The quantitative estimate of drug-likeness (QED) is 0.478. The van der Waals surface area contributed by atoms with Gasteiger partial charge < -0.3 is 14.8 Å². The number of nitro benzene ring substituents is 1. The van der Waals surface area contributed by atoms with Gasteiger partial charge in [-0.1, -0.05) is 0 Å². The number of hydrogen-bond acceptors (Lipinski definition) is 6. The molecule has 0 aliphatic heterocycles. The molecule has 26 heavy (non-hydrogen) atoms. The van der Waals surface area contributed by atoms with Crippen molar-refractivity contribution in [1.82, 2.24) is 0 Å². The van der Waals surface area contributed by atoms with Crippen LogP contribution in [0.2, 0.25) is 0 Å². The molecule has 0 aliphatic rings. The van der Waals surface area contributed by atoms with E-state index in [2.05, 4.69) is 5.32 Å². The lowest BCUT2D eigenvalue weighted by molar-refractivity contribution is -0.385. The highest BCUT2D eigenvalue weighted by atomic mass is 19.1. The predicted molar refractivity (Wildman–Crippen MR) is 84.9 cm³/mol. The highest BCUT2D eigenvalue weighted by Crippen LogP contribution is 2.27. The number of anilines is 1. The highest BCUT2D eigenvalue weighted by Gasteiger charge is 2.19. The number of rotatable bonds is 6. The van der Waals surface area contributed by atoms with E-state index in [0.29, 0.717) is 6.07 Å². The van der Waals surface area contributed by atoms with Crippen LogP contribution in [0.5, 0.6) is 5.75 Å². The second-order valence-electron chi connectivity index (χ2n) is 4.89. The predicted octanol–water partition coefficient (Wildman–Crippen LogP) is 2.68. The van der Waals surface area contributed by atoms with Crippen molar-refractivity contribution in [1.29, 1.82) is 0 Å². The first-order valence-corrected chi connectivity index (χ1v) is 7.06. The molecule has 136 valence electrons. The van der Waals surface area contributed by atoms with E-state index in [0.717, 1.165) is 18.2 Å². The van der Waals surface area contributed by atoms with Crippen LogP contribution < -0.4 is 10.1 Å². The summed E-state index contributed by atoms with van der Waals surface area (Å²) >= 11 is 0. The van der Waals surface area contributed by atoms with Gasteiger partial charge in [0.2, 0.25) is 0 Å². The Morgan fingerprint density at radius 1 is 1.19 bits per heavy atom. The lowest BCUT2D eigenvalue weighted by atomic mass is 10.2. The number of benzene rings is 2. The number of nitrogens with one attached hydrogen (secondary N) is 1. The van der Waals surface area contributed by atoms with Crippen molar-refractivity contribution in [3.63, 3.8) is 0 Å². The Balaban J connectivity index is 2.00. The Morgan fingerprint density at radius 3 is 2.54 bits per heavy atom. The number of carbonyl (C=O) groups excluding carboxylic acids is 2. The number of esters is 1. The van der Waals surface area contributed by atoms with E-state index in [1.807, 2.05) is 0 Å². The van der Waals surface area contributed by atoms with Crippen LogP contribution in [0, 0.1) is 21.7 Å². The zero-order valence-corrected chi connectivity index (χ0v) is 13.3. The molecule has 0 aromatic heterocycles. The van der Waals surface area contributed by atoms with Gasteiger partial charge in [0, 0.05) is 12.1 Å². The molecule has 0 radical (unpaired) electrons. The Bertz CT molecular complexity index is 872. The Hall–Kier alpha value is -3.56. The van der Waals surface area contributed by atoms with Gasteiger partial charge >= 0.3 is 11.7 Å². The first kappa shape index (κ1) is 18.8. The molecule has 1 amide bonds. The van der Waals surface area contributed by atoms with Crippen LogP contribution in [0.15, 0.2) is 36.4 Å². The number of carbonyl (C=O) groups is 2. The monoisotopic (exact) mass is 366 g/mol. The molecule has 2 rings (SSSR count). The number of methoxy groups -OCH3 is 1. The van der Waals surface area contributed by atoms with Gasteiger partial charge in [0.1, 0.15) is 11.6 Å². The summed E-state index contributed by atoms with van der Waals surface area (Å²) in [6.07, 6.45) is 0. The van der Waals surface area contributed by atoms with Crippen molar-refractivity contribution in [3.05, 3.63) is 63.7 Å². The molecule has 0 aliphatic carbocycles. The van der Waals surface area contributed by atoms with Crippen LogP contribution in [0.4, 0.5) is 20.2 Å². The van der Waals surface area contributed by atoms with Gasteiger partial charge in [0.15, 0.2) is 12.4 Å². The van der Waals surface area contributed by atoms with Crippen molar-refractivity contribution in [3.8, 4) is 5.75 Å². The van der Waals surface area contributed by atoms with E-state index < -0.39 is 40.7 Å². The molecule has 8 nitrogen and oxygen atoms in total. The molecule has 10 heteroatoms. The van der Waals surface area contributed by atoms with E-state index in [1.165, 1.54) is 19.2 Å². The van der Waals surface area contributed by atoms with Gasteiger partial charge in [-0.05, 0) is 24.3 Å². The van der Waals surface area contributed by atoms with Crippen molar-refractivity contribution in [2.75, 3.05) is 19.0 Å². The molecule has 0 fully saturated rings. The zero-order valence-electron chi connectivity index (χ0n) is 13.3. The smallest absolute Gasteiger partial charge is 0.338 e. The van der Waals surface area contributed by atoms with E-state index in [9.17, 15) is 28.5 Å². The molecular weight excluding hydrogens is 354 g/mol. The molecule has 1 N–H and O–H groups in total. The summed E-state index contributed by atoms with van der Waals surface area (Å²) < 4.78 is 35.7. The van der Waals surface area contributed by atoms with E-state index in [4.69, 9.17) is 9.47 Å². The Kier molecular flexibility index (Phi) is 5.78. The SMILES string of the molecule is COc1ccc(C(=O)OCC(=O)Nc2ccc(F)cc2F)cc1[N+](=O)[O-]. The molecule has 0 atom stereocenters. The molecular formula is C16H12F2N2O6. The summed E-state index contributed by atoms with van der Waals surface area (Å²) in [5.74, 6) is -3.71. The molecule has 2 aromatic carbocycles. The number of hydrogen-bond donors (Lipinski definition) is 1. The summed E-state index contributed by atoms with van der Waals surface area (Å²) in [6.45, 7) is -0.768. The van der Waals surface area contributed by atoms with Gasteiger partial charge in [0.05, 0.1) is 23.3 Å². The second kappa shape index (κ2) is 8.01. The molecule has 2 aromatic rings. The Labute approximate surface area is 145 Å². The topological polar surface area (TPSA) is 108 Å². The van der Waals surface area contributed by atoms with Gasteiger partial charge in [0.25, 0.3) is 5.91 Å². The summed E-state index contributed by atoms with van der Waals surface area (Å²) in [6, 6.07) is 5.92. The minimum atomic E-state index is -0.995. The standard InChI is InChI=1S/C16H12F2N2O6/c1-25-14-5-2-9(6-13(14)20(23)24)16(22)26-8-15(21)19-12-4-3-10(17)7-11(12)18/h2-7H,8H2,1H3,(H,19,21). The second-order valence-corrected chi connectivity index (χ2v) is 4.89. The average molecular weight is 366 g/mol. The number of halogens is 2. The summed E-state index contributed by atoms with van der Waals surface area (Å²) in [5.41, 5.74) is -0.898. The van der Waals surface area contributed by atoms with E-state index in [1.54, 1.807) is 0 Å². The molecule has 0 unspecified atom stereocenters. The van der Waals surface area contributed by atoms with E-state index in [-0.39, 0.29) is 17.0 Å². The third-order valence-corrected chi connectivity index (χ3v) is 3.15. The first-order valence-electron chi connectivity index (χ1n) is 7.06. The van der Waals surface area contributed by atoms with Gasteiger partial charge in [-0.3, -0.25) is 14.9 Å². The molecule has 0 heterocycles. The van der Waals surface area contributed by atoms with Crippen molar-refractivity contribution in [2.24, 2.45) is 0 Å². The summed E-state index contributed by atoms with van der Waals surface area (Å²) in [5, 5.41) is 13.0. The normalized spacial score (nSPS) is 10.1. The maximum absolute atomic E-state index is 13.4. The molecule has 0 spiro atoms. The highest BCUT2D eigenvalue weighted by molar-refractivity contribution is 5.96. The zero-order chi connectivity index (χ0) is 19.3. The third kappa shape index (κ3) is 4.50. The van der Waals surface area contributed by atoms with Crippen LogP contribution in [-0.4, -0.2) is 30.5 Å². The minimum Gasteiger partial charge on any atom is -0.490 e. The van der Waals surface area contributed by atoms with Crippen LogP contribution >= 0.6 is 0 Å². The lowest BCUT2D eigenvalue weighted by Gasteiger charge is -2.08. The van der Waals surface area contributed by atoms with Crippen LogP contribution in [0.1, 0.15) is 10.4 Å². The van der Waals surface area contributed by atoms with Crippen LogP contribution in [0.3, 0.4) is 0 Å². The number of amides is 1. The Morgan fingerprint density at radius 2 is 1.92 bits per heavy atom. The van der Waals surface area contributed by atoms with Gasteiger partial charge in [-0.2, -0.15) is 0 Å². The van der Waals surface area contributed by atoms with Crippen molar-refractivity contribution < 1.29 is 32.8 Å². The lowest BCUT2D eigenvalue weighted by Crippen LogP contribution is -2.21. The summed E-state index contributed by atoms with van der Waals surface area (Å²) in [4.78, 5) is 33.8. The maximum Gasteiger partial charge on any atom is 0.338 e. The van der Waals surface area contributed by atoms with Crippen LogP contribution in [-0.2, 0) is 9.53 Å². The van der Waals surface area contributed by atoms with Crippen molar-refractivity contribution in [2.45, 2.75) is 0 Å². The maximum atomic E-state index is 13.4. The fourth-order valence-electron chi connectivity index (χ4n) is 1.95. The van der Waals surface area contributed by atoms with Gasteiger partial charge in [-0.15, -0.1) is 0 Å². The summed E-state index contributed by atoms with van der Waals surface area (Å²) in [7, 11) is 1.24.